The van der Waals surface area contributed by atoms with Crippen molar-refractivity contribution in [2.75, 3.05) is 13.2 Å². The normalized spacial score (nSPS) is 35.4. The van der Waals surface area contributed by atoms with Crippen LogP contribution in [0.25, 0.3) is 10.8 Å². The van der Waals surface area contributed by atoms with E-state index >= 15 is 0 Å². The number of benzene rings is 3. The summed E-state index contributed by atoms with van der Waals surface area (Å²) in [6.07, 6.45) is -5.99. The molecule has 12 heteroatoms. The van der Waals surface area contributed by atoms with Gasteiger partial charge in [0, 0.05) is 5.56 Å². The van der Waals surface area contributed by atoms with Crippen LogP contribution in [0.3, 0.4) is 0 Å². The summed E-state index contributed by atoms with van der Waals surface area (Å²) in [6, 6.07) is 26.7. The first-order valence-electron chi connectivity index (χ1n) is 20.1. The molecule has 5 heterocycles. The van der Waals surface area contributed by atoms with Crippen LogP contribution < -0.4 is 0 Å². The van der Waals surface area contributed by atoms with Crippen molar-refractivity contribution in [2.45, 2.75) is 159 Å². The van der Waals surface area contributed by atoms with Gasteiger partial charge >= 0.3 is 0 Å². The van der Waals surface area contributed by atoms with Gasteiger partial charge in [0.1, 0.15) is 48.8 Å². The largest absolute Gasteiger partial charge is 0.406 e. The molecule has 55 heavy (non-hydrogen) atoms. The maximum absolute atomic E-state index is 7.47. The van der Waals surface area contributed by atoms with Crippen LogP contribution in [0.15, 0.2) is 72.8 Å². The lowest BCUT2D eigenvalue weighted by Crippen LogP contribution is -2.66. The molecular formula is C43H58O11Si. The maximum atomic E-state index is 7.47. The van der Waals surface area contributed by atoms with Crippen molar-refractivity contribution >= 4 is 19.1 Å². The number of fused-ring (bicyclic) bond motifs is 5. The van der Waals surface area contributed by atoms with Crippen LogP contribution in [0.1, 0.15) is 72.8 Å². The highest BCUT2D eigenvalue weighted by Crippen LogP contribution is 2.45. The zero-order chi connectivity index (χ0) is 38.5. The molecule has 5 fully saturated rings. The molecule has 300 valence electrons. The van der Waals surface area contributed by atoms with Crippen molar-refractivity contribution in [3.8, 4) is 0 Å². The quantitative estimate of drug-likeness (QED) is 0.169. The number of ether oxygens (including phenoxy) is 10. The number of hydrogen-bond acceptors (Lipinski definition) is 11. The molecule has 0 spiro atoms. The molecule has 5 aliphatic heterocycles. The van der Waals surface area contributed by atoms with Crippen molar-refractivity contribution in [1.29, 1.82) is 0 Å². The standard InChI is InChI=1S/C43H58O11Si/c1-9-55(10-2,26(3)4)54-38-35(44-23-27-20-21-28-16-14-15-19-30(28)22-27)33-31(24-45-39(49-33)29-17-12-11-13-18-29)47-40(38)46-25-32-34-36(51-42(5,6)50-34)37-41(48-32)53-43(7,8)52-37/h11-22,26,31-41H,9-10,23-25H2,1-8H3/t31-,32-,33-,34+,35+,36+,37-,38+,39?,40-,41-/m1/s1. The molecule has 5 saturated heterocycles. The molecule has 0 aromatic heterocycles. The van der Waals surface area contributed by atoms with E-state index in [2.05, 4.69) is 70.2 Å². The van der Waals surface area contributed by atoms with Crippen LogP contribution in [-0.2, 0) is 58.4 Å². The van der Waals surface area contributed by atoms with E-state index in [-0.39, 0.29) is 6.61 Å². The molecule has 3 aromatic rings. The molecule has 0 amide bonds. The number of rotatable bonds is 12. The van der Waals surface area contributed by atoms with Gasteiger partial charge < -0.3 is 51.8 Å². The first kappa shape index (κ1) is 39.5. The Bertz CT molecular complexity index is 1750. The molecule has 0 saturated carbocycles. The van der Waals surface area contributed by atoms with E-state index in [4.69, 9.17) is 51.8 Å². The second-order valence-electron chi connectivity index (χ2n) is 16.7. The molecule has 11 nitrogen and oxygen atoms in total. The Morgan fingerprint density at radius 3 is 2.15 bits per heavy atom. The molecule has 0 bridgehead atoms. The lowest BCUT2D eigenvalue weighted by Gasteiger charge is -2.51. The maximum Gasteiger partial charge on any atom is 0.195 e. The van der Waals surface area contributed by atoms with Gasteiger partial charge in [-0.2, -0.15) is 0 Å². The summed E-state index contributed by atoms with van der Waals surface area (Å²) in [6.45, 7) is 17.3. The van der Waals surface area contributed by atoms with E-state index in [0.29, 0.717) is 18.8 Å². The van der Waals surface area contributed by atoms with Gasteiger partial charge in [0.05, 0.1) is 19.8 Å². The second-order valence-corrected chi connectivity index (χ2v) is 21.7. The van der Waals surface area contributed by atoms with Crippen molar-refractivity contribution < 1.29 is 51.8 Å². The van der Waals surface area contributed by atoms with Crippen molar-refractivity contribution in [3.63, 3.8) is 0 Å². The minimum Gasteiger partial charge on any atom is -0.406 e. The van der Waals surface area contributed by atoms with Crippen molar-refractivity contribution in [3.05, 3.63) is 83.9 Å². The second kappa shape index (κ2) is 15.8. The Morgan fingerprint density at radius 2 is 1.40 bits per heavy atom. The highest BCUT2D eigenvalue weighted by atomic mass is 28.4. The molecule has 3 aromatic carbocycles. The summed E-state index contributed by atoms with van der Waals surface area (Å²) >= 11 is 0. The molecule has 1 unspecified atom stereocenters. The predicted octanol–water partition coefficient (Wildman–Crippen LogP) is 7.76. The molecule has 5 aliphatic rings. The molecule has 0 N–H and O–H groups in total. The summed E-state index contributed by atoms with van der Waals surface area (Å²) in [5, 5.41) is 2.34. The summed E-state index contributed by atoms with van der Waals surface area (Å²) in [5.74, 6) is -1.66. The van der Waals surface area contributed by atoms with E-state index in [1.54, 1.807) is 0 Å². The van der Waals surface area contributed by atoms with Gasteiger partial charge in [-0.1, -0.05) is 94.4 Å². The topological polar surface area (TPSA) is 102 Å². The van der Waals surface area contributed by atoms with Crippen LogP contribution in [0.4, 0.5) is 0 Å². The molecule has 11 atom stereocenters. The van der Waals surface area contributed by atoms with Gasteiger partial charge in [-0.15, -0.1) is 0 Å². The van der Waals surface area contributed by atoms with Gasteiger partial charge in [-0.25, -0.2) is 0 Å². The van der Waals surface area contributed by atoms with E-state index in [0.717, 1.165) is 28.6 Å². The summed E-state index contributed by atoms with van der Waals surface area (Å²) < 4.78 is 73.2. The Morgan fingerprint density at radius 1 is 0.709 bits per heavy atom. The lowest BCUT2D eigenvalue weighted by atomic mass is 9.97. The third-order valence-corrected chi connectivity index (χ3v) is 17.1. The van der Waals surface area contributed by atoms with E-state index in [1.165, 1.54) is 5.39 Å². The van der Waals surface area contributed by atoms with Crippen LogP contribution in [0.2, 0.25) is 17.6 Å². The fourth-order valence-electron chi connectivity index (χ4n) is 8.95. The average molecular weight is 779 g/mol. The van der Waals surface area contributed by atoms with Gasteiger partial charge in [0.15, 0.2) is 38.8 Å². The van der Waals surface area contributed by atoms with E-state index < -0.39 is 87.6 Å². The molecular weight excluding hydrogens is 721 g/mol. The minimum absolute atomic E-state index is 0.135. The first-order valence-corrected chi connectivity index (χ1v) is 22.5. The van der Waals surface area contributed by atoms with E-state index in [9.17, 15) is 0 Å². The Hall–Kier alpha value is -2.30. The predicted molar refractivity (Wildman–Crippen MR) is 206 cm³/mol. The van der Waals surface area contributed by atoms with Crippen LogP contribution in [0, 0.1) is 0 Å². The first-order chi connectivity index (χ1) is 26.4. The van der Waals surface area contributed by atoms with Gasteiger partial charge in [-0.05, 0) is 67.7 Å². The lowest BCUT2D eigenvalue weighted by molar-refractivity contribution is -0.368. The summed E-state index contributed by atoms with van der Waals surface area (Å²) in [4.78, 5) is 0. The van der Waals surface area contributed by atoms with Gasteiger partial charge in [-0.3, -0.25) is 0 Å². The SMILES string of the molecule is CC[Si](CC)(O[C@@H]1[C@H](OC[C@H]2O[C@@H]3OC(C)(C)O[C@@H]3[C@H]3OC(C)(C)O[C@H]32)O[C@@H]2COC(c3ccccc3)O[C@H]2[C@@H]1OCc1ccc2ccccc2c1)C(C)C. The number of hydrogen-bond donors (Lipinski definition) is 0. The fraction of sp³-hybridized carbons (Fsp3) is 0.628. The summed E-state index contributed by atoms with van der Waals surface area (Å²) in [7, 11) is -2.36. The third-order valence-electron chi connectivity index (χ3n) is 11.9. The highest BCUT2D eigenvalue weighted by Gasteiger charge is 2.61. The van der Waals surface area contributed by atoms with Crippen LogP contribution in [-0.4, -0.2) is 94.5 Å². The average Bonchev–Trinajstić information content (AvgIpc) is 3.68. The monoisotopic (exact) mass is 778 g/mol. The van der Waals surface area contributed by atoms with Crippen molar-refractivity contribution in [2.24, 2.45) is 0 Å². The summed E-state index contributed by atoms with van der Waals surface area (Å²) in [5.41, 5.74) is 2.33. The van der Waals surface area contributed by atoms with E-state index in [1.807, 2.05) is 58.0 Å². The Balaban J connectivity index is 1.11. The van der Waals surface area contributed by atoms with Crippen LogP contribution >= 0.6 is 0 Å². The molecule has 8 rings (SSSR count). The zero-order valence-corrected chi connectivity index (χ0v) is 34.4. The minimum atomic E-state index is -2.36. The highest BCUT2D eigenvalue weighted by molar-refractivity contribution is 6.75. The smallest absolute Gasteiger partial charge is 0.195 e. The fourth-order valence-corrected chi connectivity index (χ4v) is 12.5. The zero-order valence-electron chi connectivity index (χ0n) is 33.4. The van der Waals surface area contributed by atoms with Crippen LogP contribution in [0.5, 0.6) is 0 Å². The third kappa shape index (κ3) is 8.08. The van der Waals surface area contributed by atoms with Crippen molar-refractivity contribution in [1.82, 2.24) is 0 Å². The Labute approximate surface area is 326 Å². The van der Waals surface area contributed by atoms with Gasteiger partial charge in [0.2, 0.25) is 0 Å². The van der Waals surface area contributed by atoms with Gasteiger partial charge in [0.25, 0.3) is 0 Å². The molecule has 0 radical (unpaired) electrons. The Kier molecular flexibility index (Phi) is 11.4. The molecule has 0 aliphatic carbocycles.